The van der Waals surface area contributed by atoms with Gasteiger partial charge in [0.25, 0.3) is 0 Å². The fraction of sp³-hybridized carbons (Fsp3) is 0.364. The monoisotopic (exact) mass is 332 g/mol. The summed E-state index contributed by atoms with van der Waals surface area (Å²) >= 11 is 8.74. The molecule has 0 aliphatic heterocycles. The molecule has 1 aromatic carbocycles. The Morgan fingerprint density at radius 3 is 2.94 bits per heavy atom. The molecule has 3 nitrogen and oxygen atoms in total. The maximum absolute atomic E-state index is 11.4. The SMILES string of the molecule is CC(Cn1c(=S)[nH]c2ccc(Br)cc21)S(C)=O. The Balaban J connectivity index is 2.52. The van der Waals surface area contributed by atoms with Gasteiger partial charge >= 0.3 is 0 Å². The highest BCUT2D eigenvalue weighted by atomic mass is 79.9. The zero-order valence-corrected chi connectivity index (χ0v) is 12.8. The molecule has 0 aliphatic rings. The van der Waals surface area contributed by atoms with E-state index in [-0.39, 0.29) is 5.25 Å². The summed E-state index contributed by atoms with van der Waals surface area (Å²) in [5.41, 5.74) is 2.05. The van der Waals surface area contributed by atoms with Crippen LogP contribution in [0.1, 0.15) is 6.92 Å². The summed E-state index contributed by atoms with van der Waals surface area (Å²) in [7, 11) is -0.844. The average molecular weight is 333 g/mol. The van der Waals surface area contributed by atoms with Gasteiger partial charge in [-0.25, -0.2) is 0 Å². The van der Waals surface area contributed by atoms with E-state index in [1.807, 2.05) is 29.7 Å². The van der Waals surface area contributed by atoms with Crippen molar-refractivity contribution in [3.63, 3.8) is 0 Å². The third-order valence-electron chi connectivity index (χ3n) is 2.74. The Morgan fingerprint density at radius 1 is 1.59 bits per heavy atom. The molecule has 17 heavy (non-hydrogen) atoms. The molecule has 92 valence electrons. The van der Waals surface area contributed by atoms with Crippen molar-refractivity contribution in [3.05, 3.63) is 27.4 Å². The topological polar surface area (TPSA) is 37.8 Å². The van der Waals surface area contributed by atoms with E-state index in [1.54, 1.807) is 6.26 Å². The minimum absolute atomic E-state index is 0.0830. The van der Waals surface area contributed by atoms with Gasteiger partial charge in [0.15, 0.2) is 4.77 Å². The maximum atomic E-state index is 11.4. The van der Waals surface area contributed by atoms with Gasteiger partial charge in [0.05, 0.1) is 11.0 Å². The van der Waals surface area contributed by atoms with Crippen LogP contribution >= 0.6 is 28.1 Å². The first-order chi connectivity index (χ1) is 7.99. The van der Waals surface area contributed by atoms with Crippen molar-refractivity contribution in [2.75, 3.05) is 6.26 Å². The number of aromatic nitrogens is 2. The lowest BCUT2D eigenvalue weighted by molar-refractivity contribution is 0.647. The van der Waals surface area contributed by atoms with Gasteiger partial charge in [-0.2, -0.15) is 0 Å². The largest absolute Gasteiger partial charge is 0.331 e. The van der Waals surface area contributed by atoms with Crippen LogP contribution in [-0.2, 0) is 17.3 Å². The van der Waals surface area contributed by atoms with Gasteiger partial charge in [-0.15, -0.1) is 0 Å². The Labute approximate surface area is 116 Å². The van der Waals surface area contributed by atoms with E-state index in [9.17, 15) is 4.21 Å². The number of imidazole rings is 1. The molecule has 1 N–H and O–H groups in total. The van der Waals surface area contributed by atoms with Crippen LogP contribution in [0.15, 0.2) is 22.7 Å². The Morgan fingerprint density at radius 2 is 2.29 bits per heavy atom. The van der Waals surface area contributed by atoms with Gasteiger partial charge < -0.3 is 9.55 Å². The highest BCUT2D eigenvalue weighted by Crippen LogP contribution is 2.20. The summed E-state index contributed by atoms with van der Waals surface area (Å²) < 4.78 is 15.1. The molecule has 2 unspecified atom stereocenters. The standard InChI is InChI=1S/C11H13BrN2OS2/c1-7(17(2)15)6-14-10-5-8(12)3-4-9(10)13-11(14)16/h3-5,7H,6H2,1-2H3,(H,13,16). The predicted octanol–water partition coefficient (Wildman–Crippen LogP) is 3.23. The number of rotatable bonds is 3. The summed E-state index contributed by atoms with van der Waals surface area (Å²) in [5, 5.41) is 0.0830. The number of H-pyrrole nitrogens is 1. The Kier molecular flexibility index (Phi) is 3.85. The van der Waals surface area contributed by atoms with Gasteiger partial charge in [0, 0.05) is 33.3 Å². The van der Waals surface area contributed by atoms with Crippen molar-refractivity contribution in [3.8, 4) is 0 Å². The second-order valence-electron chi connectivity index (χ2n) is 4.01. The molecule has 0 saturated heterocycles. The Hall–Kier alpha value is -0.460. The quantitative estimate of drug-likeness (QED) is 0.876. The zero-order chi connectivity index (χ0) is 12.6. The number of halogens is 1. The van der Waals surface area contributed by atoms with E-state index in [2.05, 4.69) is 20.9 Å². The number of aromatic amines is 1. The van der Waals surface area contributed by atoms with Gasteiger partial charge in [-0.05, 0) is 37.3 Å². The van der Waals surface area contributed by atoms with Crippen LogP contribution in [0.3, 0.4) is 0 Å². The first kappa shape index (κ1) is 13.0. The van der Waals surface area contributed by atoms with Crippen molar-refractivity contribution in [1.29, 1.82) is 0 Å². The lowest BCUT2D eigenvalue weighted by Crippen LogP contribution is -2.17. The van der Waals surface area contributed by atoms with Crippen LogP contribution in [0.5, 0.6) is 0 Å². The fourth-order valence-corrected chi connectivity index (χ4v) is 2.66. The molecule has 2 atom stereocenters. The molecular weight excluding hydrogens is 320 g/mol. The summed E-state index contributed by atoms with van der Waals surface area (Å²) in [6, 6.07) is 5.98. The van der Waals surface area contributed by atoms with E-state index in [0.717, 1.165) is 15.5 Å². The molecule has 2 rings (SSSR count). The molecule has 0 radical (unpaired) electrons. The molecule has 0 bridgehead atoms. The third-order valence-corrected chi connectivity index (χ3v) is 4.84. The van der Waals surface area contributed by atoms with Crippen molar-refractivity contribution < 1.29 is 4.21 Å². The first-order valence-corrected chi connectivity index (χ1v) is 8.01. The number of nitrogens with zero attached hydrogens (tertiary/aromatic N) is 1. The van der Waals surface area contributed by atoms with Crippen LogP contribution in [-0.4, -0.2) is 25.3 Å². The normalized spacial score (nSPS) is 15.0. The van der Waals surface area contributed by atoms with E-state index in [1.165, 1.54) is 0 Å². The zero-order valence-electron chi connectivity index (χ0n) is 9.57. The lowest BCUT2D eigenvalue weighted by atomic mass is 10.3. The second-order valence-corrected chi connectivity index (χ2v) is 7.12. The van der Waals surface area contributed by atoms with Crippen LogP contribution in [0.25, 0.3) is 11.0 Å². The van der Waals surface area contributed by atoms with Crippen molar-refractivity contribution >= 4 is 50.0 Å². The summed E-state index contributed by atoms with van der Waals surface area (Å²) in [4.78, 5) is 3.16. The number of hydrogen-bond donors (Lipinski definition) is 1. The smallest absolute Gasteiger partial charge is 0.178 e. The van der Waals surface area contributed by atoms with Gasteiger partial charge in [0.2, 0.25) is 0 Å². The molecular formula is C11H13BrN2OS2. The summed E-state index contributed by atoms with van der Waals surface area (Å²) in [6.07, 6.45) is 1.72. The third kappa shape index (κ3) is 2.69. The van der Waals surface area contributed by atoms with Gasteiger partial charge in [0.1, 0.15) is 0 Å². The maximum Gasteiger partial charge on any atom is 0.178 e. The van der Waals surface area contributed by atoms with Crippen LogP contribution in [0, 0.1) is 4.77 Å². The van der Waals surface area contributed by atoms with Crippen molar-refractivity contribution in [1.82, 2.24) is 9.55 Å². The van der Waals surface area contributed by atoms with E-state index < -0.39 is 10.8 Å². The number of fused-ring (bicyclic) bond motifs is 1. The minimum Gasteiger partial charge on any atom is -0.331 e. The van der Waals surface area contributed by atoms with Crippen LogP contribution < -0.4 is 0 Å². The minimum atomic E-state index is -0.844. The first-order valence-electron chi connectivity index (χ1n) is 5.19. The number of nitrogens with one attached hydrogen (secondary N) is 1. The molecule has 0 spiro atoms. The van der Waals surface area contributed by atoms with Gasteiger partial charge in [-0.1, -0.05) is 15.9 Å². The molecule has 0 fully saturated rings. The molecule has 1 heterocycles. The van der Waals surface area contributed by atoms with E-state index >= 15 is 0 Å². The summed E-state index contributed by atoms with van der Waals surface area (Å²) in [5.74, 6) is 0. The van der Waals surface area contributed by atoms with Crippen molar-refractivity contribution in [2.45, 2.75) is 18.7 Å². The van der Waals surface area contributed by atoms with Crippen LogP contribution in [0.2, 0.25) is 0 Å². The summed E-state index contributed by atoms with van der Waals surface area (Å²) in [6.45, 7) is 2.63. The average Bonchev–Trinajstić information content (AvgIpc) is 2.55. The lowest BCUT2D eigenvalue weighted by Gasteiger charge is -2.10. The molecule has 6 heteroatoms. The molecule has 0 saturated carbocycles. The van der Waals surface area contributed by atoms with E-state index in [0.29, 0.717) is 11.3 Å². The van der Waals surface area contributed by atoms with Crippen molar-refractivity contribution in [2.24, 2.45) is 0 Å². The Bertz CT molecular complexity index is 632. The van der Waals surface area contributed by atoms with E-state index in [4.69, 9.17) is 12.2 Å². The van der Waals surface area contributed by atoms with Gasteiger partial charge in [-0.3, -0.25) is 4.21 Å². The highest BCUT2D eigenvalue weighted by Gasteiger charge is 2.11. The highest BCUT2D eigenvalue weighted by molar-refractivity contribution is 9.10. The molecule has 0 aliphatic carbocycles. The second kappa shape index (κ2) is 5.04. The predicted molar refractivity (Wildman–Crippen MR) is 78.4 cm³/mol. The number of hydrogen-bond acceptors (Lipinski definition) is 2. The molecule has 1 aromatic heterocycles. The van der Waals surface area contributed by atoms with Crippen LogP contribution in [0.4, 0.5) is 0 Å². The molecule has 2 aromatic rings. The number of benzene rings is 1. The fourth-order valence-electron chi connectivity index (χ4n) is 1.67. The molecule has 0 amide bonds.